The van der Waals surface area contributed by atoms with Crippen molar-refractivity contribution in [1.82, 2.24) is 4.98 Å². The van der Waals surface area contributed by atoms with Crippen molar-refractivity contribution in [3.8, 4) is 11.5 Å². The molecule has 5 rings (SSSR count). The maximum absolute atomic E-state index is 12.7. The van der Waals surface area contributed by atoms with Gasteiger partial charge in [0.05, 0.1) is 11.3 Å². The molecule has 0 atom stereocenters. The molecule has 0 aliphatic carbocycles. The lowest BCUT2D eigenvalue weighted by atomic mass is 10.1. The zero-order valence-corrected chi connectivity index (χ0v) is 15.1. The van der Waals surface area contributed by atoms with Crippen molar-refractivity contribution in [2.24, 2.45) is 0 Å². The van der Waals surface area contributed by atoms with Gasteiger partial charge in [-0.2, -0.15) is 0 Å². The number of benzene rings is 3. The highest BCUT2D eigenvalue weighted by Gasteiger charge is 2.17. The molecule has 0 saturated carbocycles. The second-order valence-corrected chi connectivity index (χ2v) is 6.64. The SMILES string of the molecule is Cc1ccc2oc(-c3ccccc3NC(=O)c3cc4ccccc4o3)nc2c1. The fraction of sp³-hybridized carbons (Fsp3) is 0.0435. The largest absolute Gasteiger partial charge is 0.451 e. The molecular weight excluding hydrogens is 352 g/mol. The Morgan fingerprint density at radius 1 is 0.893 bits per heavy atom. The molecule has 0 aliphatic heterocycles. The van der Waals surface area contributed by atoms with Gasteiger partial charge in [-0.05, 0) is 48.9 Å². The number of oxazole rings is 1. The summed E-state index contributed by atoms with van der Waals surface area (Å²) < 4.78 is 11.6. The third-order valence-corrected chi connectivity index (χ3v) is 4.60. The summed E-state index contributed by atoms with van der Waals surface area (Å²) in [5.41, 5.74) is 4.60. The van der Waals surface area contributed by atoms with Crippen molar-refractivity contribution >= 4 is 33.7 Å². The molecule has 1 N–H and O–H groups in total. The van der Waals surface area contributed by atoms with E-state index in [1.54, 1.807) is 6.07 Å². The minimum atomic E-state index is -0.324. The van der Waals surface area contributed by atoms with Crippen LogP contribution in [0.15, 0.2) is 81.6 Å². The number of nitrogens with one attached hydrogen (secondary N) is 1. The molecule has 3 aromatic carbocycles. The quantitative estimate of drug-likeness (QED) is 0.437. The van der Waals surface area contributed by atoms with Gasteiger partial charge >= 0.3 is 0 Å². The summed E-state index contributed by atoms with van der Waals surface area (Å²) in [6, 6.07) is 22.5. The molecule has 5 nitrogen and oxygen atoms in total. The van der Waals surface area contributed by atoms with E-state index < -0.39 is 0 Å². The molecule has 0 fully saturated rings. The van der Waals surface area contributed by atoms with E-state index in [1.165, 1.54) is 0 Å². The predicted octanol–water partition coefficient (Wildman–Crippen LogP) is 5.80. The van der Waals surface area contributed by atoms with Crippen LogP contribution in [-0.2, 0) is 0 Å². The third kappa shape index (κ3) is 2.83. The van der Waals surface area contributed by atoms with Gasteiger partial charge in [0.25, 0.3) is 5.91 Å². The number of aromatic nitrogens is 1. The van der Waals surface area contributed by atoms with Crippen LogP contribution in [0, 0.1) is 6.92 Å². The molecule has 0 spiro atoms. The molecule has 0 radical (unpaired) electrons. The topological polar surface area (TPSA) is 68.3 Å². The van der Waals surface area contributed by atoms with Crippen LogP contribution in [0.3, 0.4) is 0 Å². The maximum atomic E-state index is 12.7. The van der Waals surface area contributed by atoms with E-state index in [1.807, 2.05) is 73.7 Å². The number of aryl methyl sites for hydroxylation is 1. The van der Waals surface area contributed by atoms with Gasteiger partial charge in [0, 0.05) is 5.39 Å². The summed E-state index contributed by atoms with van der Waals surface area (Å²) in [5.74, 6) is 0.390. The van der Waals surface area contributed by atoms with Crippen molar-refractivity contribution in [1.29, 1.82) is 0 Å². The van der Waals surface area contributed by atoms with Gasteiger partial charge < -0.3 is 14.2 Å². The highest BCUT2D eigenvalue weighted by Crippen LogP contribution is 2.31. The van der Waals surface area contributed by atoms with Crippen molar-refractivity contribution in [3.05, 3.63) is 84.1 Å². The van der Waals surface area contributed by atoms with E-state index in [2.05, 4.69) is 10.3 Å². The number of hydrogen-bond acceptors (Lipinski definition) is 4. The van der Waals surface area contributed by atoms with Crippen LogP contribution in [0.25, 0.3) is 33.5 Å². The Hall–Kier alpha value is -3.86. The average molecular weight is 368 g/mol. The van der Waals surface area contributed by atoms with Crippen LogP contribution in [0.1, 0.15) is 16.1 Å². The number of fused-ring (bicyclic) bond motifs is 2. The first kappa shape index (κ1) is 16.3. The van der Waals surface area contributed by atoms with Crippen LogP contribution < -0.4 is 5.32 Å². The van der Waals surface area contributed by atoms with Gasteiger partial charge in [-0.3, -0.25) is 4.79 Å². The van der Waals surface area contributed by atoms with Crippen molar-refractivity contribution in [2.75, 3.05) is 5.32 Å². The van der Waals surface area contributed by atoms with Gasteiger partial charge in [-0.15, -0.1) is 0 Å². The van der Waals surface area contributed by atoms with Crippen LogP contribution >= 0.6 is 0 Å². The van der Waals surface area contributed by atoms with Crippen LogP contribution in [0.2, 0.25) is 0 Å². The number of rotatable bonds is 3. The molecule has 0 saturated heterocycles. The molecule has 5 heteroatoms. The zero-order valence-electron chi connectivity index (χ0n) is 15.1. The Kier molecular flexibility index (Phi) is 3.72. The van der Waals surface area contributed by atoms with Crippen molar-refractivity contribution < 1.29 is 13.6 Å². The molecule has 136 valence electrons. The summed E-state index contributed by atoms with van der Waals surface area (Å²) in [7, 11) is 0. The minimum absolute atomic E-state index is 0.254. The monoisotopic (exact) mass is 368 g/mol. The Morgan fingerprint density at radius 2 is 1.71 bits per heavy atom. The zero-order chi connectivity index (χ0) is 19.1. The summed E-state index contributed by atoms with van der Waals surface area (Å²) in [6.45, 7) is 2.01. The van der Waals surface area contributed by atoms with Gasteiger partial charge in [-0.25, -0.2) is 4.98 Å². The molecule has 2 heterocycles. The van der Waals surface area contributed by atoms with Crippen LogP contribution in [-0.4, -0.2) is 10.9 Å². The summed E-state index contributed by atoms with van der Waals surface area (Å²) >= 11 is 0. The summed E-state index contributed by atoms with van der Waals surface area (Å²) in [5, 5.41) is 3.79. The van der Waals surface area contributed by atoms with Crippen molar-refractivity contribution in [2.45, 2.75) is 6.92 Å². The Morgan fingerprint density at radius 3 is 2.61 bits per heavy atom. The number of anilines is 1. The maximum Gasteiger partial charge on any atom is 0.291 e. The molecule has 5 aromatic rings. The molecule has 28 heavy (non-hydrogen) atoms. The number of para-hydroxylation sites is 2. The second-order valence-electron chi connectivity index (χ2n) is 6.64. The summed E-state index contributed by atoms with van der Waals surface area (Å²) in [6.07, 6.45) is 0. The number of hydrogen-bond donors (Lipinski definition) is 1. The van der Waals surface area contributed by atoms with Crippen LogP contribution in [0.4, 0.5) is 5.69 Å². The second kappa shape index (κ2) is 6.39. The Labute approximate surface area is 160 Å². The normalized spacial score (nSPS) is 11.2. The minimum Gasteiger partial charge on any atom is -0.451 e. The van der Waals surface area contributed by atoms with Crippen LogP contribution in [0.5, 0.6) is 0 Å². The summed E-state index contributed by atoms with van der Waals surface area (Å²) in [4.78, 5) is 17.3. The smallest absolute Gasteiger partial charge is 0.291 e. The Bertz CT molecular complexity index is 1300. The van der Waals surface area contributed by atoms with E-state index >= 15 is 0 Å². The van der Waals surface area contributed by atoms with E-state index in [-0.39, 0.29) is 11.7 Å². The fourth-order valence-corrected chi connectivity index (χ4v) is 3.21. The lowest BCUT2D eigenvalue weighted by Crippen LogP contribution is -2.11. The standard InChI is InChI=1S/C23H16N2O3/c1-14-10-11-20-18(12-14)25-23(28-20)16-7-3-4-8-17(16)24-22(26)21-13-15-6-2-5-9-19(15)27-21/h2-13H,1H3,(H,24,26). The number of carbonyl (C=O) groups excluding carboxylic acids is 1. The first-order valence-corrected chi connectivity index (χ1v) is 8.94. The van der Waals surface area contributed by atoms with Gasteiger partial charge in [-0.1, -0.05) is 36.4 Å². The molecule has 2 aromatic heterocycles. The van der Waals surface area contributed by atoms with E-state index in [4.69, 9.17) is 8.83 Å². The molecule has 0 bridgehead atoms. The Balaban J connectivity index is 1.51. The first-order valence-electron chi connectivity index (χ1n) is 8.94. The number of amides is 1. The lowest BCUT2D eigenvalue weighted by Gasteiger charge is -2.07. The van der Waals surface area contributed by atoms with Gasteiger partial charge in [0.15, 0.2) is 11.3 Å². The first-order chi connectivity index (χ1) is 13.7. The molecule has 0 unspecified atom stereocenters. The number of furan rings is 1. The third-order valence-electron chi connectivity index (χ3n) is 4.60. The van der Waals surface area contributed by atoms with E-state index in [9.17, 15) is 4.79 Å². The molecular formula is C23H16N2O3. The number of carbonyl (C=O) groups is 1. The molecule has 0 aliphatic rings. The average Bonchev–Trinajstić information content (AvgIpc) is 3.32. The lowest BCUT2D eigenvalue weighted by molar-refractivity contribution is 0.0999. The highest BCUT2D eigenvalue weighted by molar-refractivity contribution is 6.06. The van der Waals surface area contributed by atoms with Crippen molar-refractivity contribution in [3.63, 3.8) is 0 Å². The fourth-order valence-electron chi connectivity index (χ4n) is 3.21. The van der Waals surface area contributed by atoms with E-state index in [0.29, 0.717) is 28.3 Å². The highest BCUT2D eigenvalue weighted by atomic mass is 16.4. The van der Waals surface area contributed by atoms with Gasteiger partial charge in [0.2, 0.25) is 5.89 Å². The molecule has 1 amide bonds. The van der Waals surface area contributed by atoms with E-state index in [0.717, 1.165) is 16.5 Å². The van der Waals surface area contributed by atoms with Gasteiger partial charge in [0.1, 0.15) is 11.1 Å². The number of nitrogens with zero attached hydrogens (tertiary/aromatic N) is 1. The predicted molar refractivity (Wildman–Crippen MR) is 108 cm³/mol.